The van der Waals surface area contributed by atoms with E-state index in [0.717, 1.165) is 28.1 Å². The summed E-state index contributed by atoms with van der Waals surface area (Å²) in [6.07, 6.45) is 0. The number of aromatic amines is 1. The van der Waals surface area contributed by atoms with E-state index < -0.39 is 0 Å². The maximum atomic E-state index is 5.49. The van der Waals surface area contributed by atoms with E-state index in [9.17, 15) is 0 Å². The molecule has 2 aromatic heterocycles. The van der Waals surface area contributed by atoms with Crippen LogP contribution in [0.4, 0.5) is 0 Å². The van der Waals surface area contributed by atoms with E-state index in [2.05, 4.69) is 15.2 Å². The highest BCUT2D eigenvalue weighted by molar-refractivity contribution is 5.79. The minimum atomic E-state index is 0.686. The quantitative estimate of drug-likeness (QED) is 0.676. The van der Waals surface area contributed by atoms with Crippen LogP contribution in [0.5, 0.6) is 0 Å². The van der Waals surface area contributed by atoms with Crippen molar-refractivity contribution in [1.29, 1.82) is 0 Å². The minimum Gasteiger partial charge on any atom is -0.441 e. The molecule has 0 aliphatic heterocycles. The van der Waals surface area contributed by atoms with Crippen molar-refractivity contribution in [3.8, 4) is 11.3 Å². The Hall–Kier alpha value is -2.10. The van der Waals surface area contributed by atoms with Crippen LogP contribution in [0, 0.1) is 13.8 Å². The lowest BCUT2D eigenvalue weighted by Gasteiger charge is -1.94. The van der Waals surface area contributed by atoms with Gasteiger partial charge in [-0.25, -0.2) is 4.98 Å². The van der Waals surface area contributed by atoms with E-state index in [4.69, 9.17) is 4.42 Å². The van der Waals surface area contributed by atoms with Gasteiger partial charge in [-0.05, 0) is 25.1 Å². The third kappa shape index (κ3) is 1.39. The van der Waals surface area contributed by atoms with E-state index in [1.807, 2.05) is 38.1 Å². The Kier molecular flexibility index (Phi) is 1.83. The number of rotatable bonds is 1. The molecule has 3 aromatic rings. The van der Waals surface area contributed by atoms with Gasteiger partial charge in [0.1, 0.15) is 5.52 Å². The number of fused-ring (bicyclic) bond motifs is 1. The molecule has 0 fully saturated rings. The summed E-state index contributed by atoms with van der Waals surface area (Å²) in [5.41, 5.74) is 4.69. The Bertz CT molecular complexity index is 651. The fraction of sp³-hybridized carbons (Fsp3) is 0.167. The summed E-state index contributed by atoms with van der Waals surface area (Å²) < 4.78 is 5.49. The van der Waals surface area contributed by atoms with Gasteiger partial charge in [0, 0.05) is 18.2 Å². The number of nitrogens with zero attached hydrogens (tertiary/aromatic N) is 2. The molecular weight excluding hydrogens is 202 g/mol. The average molecular weight is 213 g/mol. The van der Waals surface area contributed by atoms with E-state index in [-0.39, 0.29) is 0 Å². The van der Waals surface area contributed by atoms with Crippen molar-refractivity contribution in [1.82, 2.24) is 15.2 Å². The molecule has 4 nitrogen and oxygen atoms in total. The van der Waals surface area contributed by atoms with Gasteiger partial charge in [0.25, 0.3) is 0 Å². The molecule has 0 unspecified atom stereocenters. The summed E-state index contributed by atoms with van der Waals surface area (Å²) in [5, 5.41) is 7.14. The SMILES string of the molecule is Cc1cc(-c2ccc3nc(C)oc3c2)n[nH]1. The lowest BCUT2D eigenvalue weighted by molar-refractivity contribution is 0.561. The van der Waals surface area contributed by atoms with Crippen LogP contribution < -0.4 is 0 Å². The molecule has 2 heterocycles. The van der Waals surface area contributed by atoms with Gasteiger partial charge in [0.05, 0.1) is 5.69 Å². The summed E-state index contributed by atoms with van der Waals surface area (Å²) in [6.45, 7) is 3.83. The molecule has 16 heavy (non-hydrogen) atoms. The Morgan fingerprint density at radius 2 is 2.06 bits per heavy atom. The van der Waals surface area contributed by atoms with Crippen LogP contribution in [0.2, 0.25) is 0 Å². The number of nitrogens with one attached hydrogen (secondary N) is 1. The highest BCUT2D eigenvalue weighted by atomic mass is 16.3. The van der Waals surface area contributed by atoms with Crippen molar-refractivity contribution in [2.24, 2.45) is 0 Å². The second-order valence-corrected chi connectivity index (χ2v) is 3.85. The zero-order valence-electron chi connectivity index (χ0n) is 9.11. The lowest BCUT2D eigenvalue weighted by Crippen LogP contribution is -1.77. The van der Waals surface area contributed by atoms with Crippen LogP contribution in [0.15, 0.2) is 28.7 Å². The predicted molar refractivity (Wildman–Crippen MR) is 61.1 cm³/mol. The minimum absolute atomic E-state index is 0.686. The van der Waals surface area contributed by atoms with Gasteiger partial charge in [-0.3, -0.25) is 5.10 Å². The third-order valence-corrected chi connectivity index (χ3v) is 2.50. The van der Waals surface area contributed by atoms with Crippen LogP contribution in [-0.2, 0) is 0 Å². The van der Waals surface area contributed by atoms with Gasteiger partial charge in [-0.2, -0.15) is 5.10 Å². The highest BCUT2D eigenvalue weighted by Gasteiger charge is 2.06. The molecule has 80 valence electrons. The molecule has 1 N–H and O–H groups in total. The monoisotopic (exact) mass is 213 g/mol. The summed E-state index contributed by atoms with van der Waals surface area (Å²) >= 11 is 0. The molecule has 0 spiro atoms. The van der Waals surface area contributed by atoms with Gasteiger partial charge in [-0.1, -0.05) is 6.07 Å². The number of hydrogen-bond donors (Lipinski definition) is 1. The normalized spacial score (nSPS) is 11.1. The average Bonchev–Trinajstić information content (AvgIpc) is 2.81. The summed E-state index contributed by atoms with van der Waals surface area (Å²) in [5.74, 6) is 0.686. The van der Waals surface area contributed by atoms with Crippen molar-refractivity contribution in [2.45, 2.75) is 13.8 Å². The molecule has 1 aromatic carbocycles. The predicted octanol–water partition coefficient (Wildman–Crippen LogP) is 2.83. The van der Waals surface area contributed by atoms with Crippen molar-refractivity contribution >= 4 is 11.1 Å². The van der Waals surface area contributed by atoms with E-state index in [0.29, 0.717) is 5.89 Å². The number of H-pyrrole nitrogens is 1. The smallest absolute Gasteiger partial charge is 0.192 e. The number of aryl methyl sites for hydroxylation is 2. The van der Waals surface area contributed by atoms with Crippen LogP contribution in [-0.4, -0.2) is 15.2 Å². The molecule has 0 atom stereocenters. The van der Waals surface area contributed by atoms with Crippen LogP contribution in [0.3, 0.4) is 0 Å². The fourth-order valence-corrected chi connectivity index (χ4v) is 1.77. The van der Waals surface area contributed by atoms with Gasteiger partial charge in [0.2, 0.25) is 0 Å². The Labute approximate surface area is 92.3 Å². The Morgan fingerprint density at radius 1 is 1.19 bits per heavy atom. The molecule has 0 aliphatic carbocycles. The van der Waals surface area contributed by atoms with Crippen molar-refractivity contribution in [2.75, 3.05) is 0 Å². The molecule has 0 aliphatic rings. The molecule has 3 rings (SSSR count). The Balaban J connectivity index is 2.17. The van der Waals surface area contributed by atoms with Gasteiger partial charge < -0.3 is 4.42 Å². The molecule has 0 radical (unpaired) electrons. The first-order chi connectivity index (χ1) is 7.72. The maximum Gasteiger partial charge on any atom is 0.192 e. The second kappa shape index (κ2) is 3.20. The summed E-state index contributed by atoms with van der Waals surface area (Å²) in [7, 11) is 0. The summed E-state index contributed by atoms with van der Waals surface area (Å²) in [6, 6.07) is 7.92. The van der Waals surface area contributed by atoms with Gasteiger partial charge in [-0.15, -0.1) is 0 Å². The number of aromatic nitrogens is 3. The molecule has 0 saturated carbocycles. The molecular formula is C12H11N3O. The van der Waals surface area contributed by atoms with E-state index in [1.165, 1.54) is 0 Å². The first kappa shape index (κ1) is 9.15. The zero-order valence-corrected chi connectivity index (χ0v) is 9.11. The van der Waals surface area contributed by atoms with Gasteiger partial charge >= 0.3 is 0 Å². The van der Waals surface area contributed by atoms with Crippen LogP contribution in [0.1, 0.15) is 11.6 Å². The molecule has 0 saturated heterocycles. The van der Waals surface area contributed by atoms with Crippen LogP contribution >= 0.6 is 0 Å². The first-order valence-electron chi connectivity index (χ1n) is 5.12. The molecule has 4 heteroatoms. The topological polar surface area (TPSA) is 54.7 Å². The second-order valence-electron chi connectivity index (χ2n) is 3.85. The van der Waals surface area contributed by atoms with Crippen molar-refractivity contribution in [3.63, 3.8) is 0 Å². The highest BCUT2D eigenvalue weighted by Crippen LogP contribution is 2.23. The standard InChI is InChI=1S/C12H11N3O/c1-7-5-11(15-14-7)9-3-4-10-12(6-9)16-8(2)13-10/h3-6H,1-2H3,(H,14,15). The largest absolute Gasteiger partial charge is 0.441 e. The third-order valence-electron chi connectivity index (χ3n) is 2.50. The zero-order chi connectivity index (χ0) is 11.1. The van der Waals surface area contributed by atoms with Crippen molar-refractivity contribution < 1.29 is 4.42 Å². The van der Waals surface area contributed by atoms with E-state index in [1.54, 1.807) is 0 Å². The number of benzene rings is 1. The van der Waals surface area contributed by atoms with Gasteiger partial charge in [0.15, 0.2) is 11.5 Å². The maximum absolute atomic E-state index is 5.49. The van der Waals surface area contributed by atoms with E-state index >= 15 is 0 Å². The fourth-order valence-electron chi connectivity index (χ4n) is 1.77. The first-order valence-corrected chi connectivity index (χ1v) is 5.12. The summed E-state index contributed by atoms with van der Waals surface area (Å²) in [4.78, 5) is 4.26. The van der Waals surface area contributed by atoms with Crippen LogP contribution in [0.25, 0.3) is 22.4 Å². The lowest BCUT2D eigenvalue weighted by atomic mass is 10.1. The number of hydrogen-bond acceptors (Lipinski definition) is 3. The van der Waals surface area contributed by atoms with Crippen molar-refractivity contribution in [3.05, 3.63) is 35.9 Å². The molecule has 0 amide bonds. The Morgan fingerprint density at radius 3 is 2.81 bits per heavy atom. The number of oxazole rings is 1. The molecule has 0 bridgehead atoms.